The molecule has 0 heterocycles. The Bertz CT molecular complexity index is 1110. The topological polar surface area (TPSA) is 26.3 Å². The number of carbonyl (C=O) groups is 1. The van der Waals surface area contributed by atoms with Gasteiger partial charge in [0.2, 0.25) is 0 Å². The monoisotopic (exact) mass is 514 g/mol. The molecule has 3 aromatic rings. The lowest BCUT2D eigenvalue weighted by Gasteiger charge is -2.38. The summed E-state index contributed by atoms with van der Waals surface area (Å²) >= 11 is 0. The first kappa shape index (κ1) is 27.8. The Morgan fingerprint density at radius 1 is 0.722 bits per heavy atom. The van der Waals surface area contributed by atoms with Gasteiger partial charge in [-0.3, -0.25) is 0 Å². The van der Waals surface area contributed by atoms with Crippen LogP contribution in [0, 0.1) is 11.5 Å². The maximum atomic E-state index is 13.4. The van der Waals surface area contributed by atoms with E-state index in [2.05, 4.69) is 89.4 Å². The molecule has 0 unspecified atom stereocenters. The number of carbonyl (C=O) groups excluding carboxylic acids is 1. The molecular formula is C32H39O2PSi. The van der Waals surface area contributed by atoms with Gasteiger partial charge in [-0.25, -0.2) is 4.79 Å². The molecule has 0 saturated carbocycles. The third-order valence-electron chi connectivity index (χ3n) is 7.25. The first-order chi connectivity index (χ1) is 17.2. The number of esters is 1. The van der Waals surface area contributed by atoms with Crippen LogP contribution in [0.1, 0.15) is 41.5 Å². The van der Waals surface area contributed by atoms with E-state index >= 15 is 0 Å². The highest BCUT2D eigenvalue weighted by molar-refractivity contribution is 7.95. The second-order valence-electron chi connectivity index (χ2n) is 10.2. The van der Waals surface area contributed by atoms with Gasteiger partial charge in [0.15, 0.2) is 6.61 Å². The molecule has 0 aliphatic rings. The van der Waals surface area contributed by atoms with Crippen LogP contribution in [0.5, 0.6) is 0 Å². The molecule has 0 amide bonds. The third-order valence-corrected chi connectivity index (χ3v) is 17.5. The number of benzene rings is 3. The summed E-state index contributed by atoms with van der Waals surface area (Å²) in [5.74, 6) is 4.77. The van der Waals surface area contributed by atoms with Gasteiger partial charge in [-0.2, -0.15) is 0 Å². The van der Waals surface area contributed by atoms with Crippen molar-refractivity contribution >= 4 is 42.6 Å². The lowest BCUT2D eigenvalue weighted by molar-refractivity contribution is -0.133. The SMILES string of the molecule is CC(C)[Si](C#CCOC(=O)C=P(c1ccccc1)(c1ccccc1)c1ccccc1)(C(C)C)C(C)C. The second kappa shape index (κ2) is 12.4. The molecular weight excluding hydrogens is 475 g/mol. The minimum atomic E-state index is -2.38. The molecule has 4 heteroatoms. The molecule has 0 radical (unpaired) electrons. The molecule has 2 nitrogen and oxygen atoms in total. The van der Waals surface area contributed by atoms with Crippen LogP contribution >= 0.6 is 6.89 Å². The molecule has 0 bridgehead atoms. The van der Waals surface area contributed by atoms with Gasteiger partial charge in [0, 0.05) is 5.80 Å². The van der Waals surface area contributed by atoms with Crippen LogP contribution in [0.2, 0.25) is 16.6 Å². The van der Waals surface area contributed by atoms with Crippen LogP contribution in [0.25, 0.3) is 0 Å². The van der Waals surface area contributed by atoms with Gasteiger partial charge in [-0.05, 0) is 39.4 Å². The van der Waals surface area contributed by atoms with Gasteiger partial charge in [-0.15, -0.1) is 5.54 Å². The van der Waals surface area contributed by atoms with E-state index in [1.54, 1.807) is 0 Å². The molecule has 3 rings (SSSR count). The van der Waals surface area contributed by atoms with E-state index in [1.807, 2.05) is 60.4 Å². The highest BCUT2D eigenvalue weighted by Crippen LogP contribution is 2.43. The fourth-order valence-electron chi connectivity index (χ4n) is 5.59. The Morgan fingerprint density at radius 3 is 1.42 bits per heavy atom. The van der Waals surface area contributed by atoms with Crippen molar-refractivity contribution < 1.29 is 9.53 Å². The molecule has 0 saturated heterocycles. The van der Waals surface area contributed by atoms with E-state index in [0.29, 0.717) is 16.6 Å². The molecule has 0 aliphatic heterocycles. The minimum absolute atomic E-state index is 0.120. The Morgan fingerprint density at radius 2 is 1.08 bits per heavy atom. The Kier molecular flexibility index (Phi) is 9.60. The number of rotatable bonds is 8. The highest BCUT2D eigenvalue weighted by Gasteiger charge is 2.41. The van der Waals surface area contributed by atoms with Crippen molar-refractivity contribution in [2.75, 3.05) is 6.61 Å². The van der Waals surface area contributed by atoms with Crippen LogP contribution in [-0.2, 0) is 9.53 Å². The van der Waals surface area contributed by atoms with E-state index in [0.717, 1.165) is 15.9 Å². The van der Waals surface area contributed by atoms with Gasteiger partial charge in [0.25, 0.3) is 0 Å². The van der Waals surface area contributed by atoms with Crippen LogP contribution in [-0.4, -0.2) is 26.4 Å². The van der Waals surface area contributed by atoms with Gasteiger partial charge in [0.1, 0.15) is 8.07 Å². The highest BCUT2D eigenvalue weighted by atomic mass is 31.2. The summed E-state index contributed by atoms with van der Waals surface area (Å²) < 4.78 is 5.78. The smallest absolute Gasteiger partial charge is 0.332 e. The Hall–Kier alpha value is -2.79. The summed E-state index contributed by atoms with van der Waals surface area (Å²) in [6.45, 7) is 11.5. The lowest BCUT2D eigenvalue weighted by Crippen LogP contribution is -2.43. The first-order valence-electron chi connectivity index (χ1n) is 12.8. The van der Waals surface area contributed by atoms with Crippen molar-refractivity contribution in [1.29, 1.82) is 0 Å². The Balaban J connectivity index is 2.06. The minimum Gasteiger partial charge on any atom is -0.449 e. The molecule has 0 aliphatic carbocycles. The largest absolute Gasteiger partial charge is 0.449 e. The fourth-order valence-corrected chi connectivity index (χ4v) is 14.5. The van der Waals surface area contributed by atoms with E-state index < -0.39 is 15.0 Å². The summed E-state index contributed by atoms with van der Waals surface area (Å²) in [4.78, 5) is 13.4. The molecule has 0 spiro atoms. The van der Waals surface area contributed by atoms with Crippen molar-refractivity contribution in [3.05, 3.63) is 91.0 Å². The summed E-state index contributed by atoms with van der Waals surface area (Å²) in [6, 6.07) is 30.9. The summed E-state index contributed by atoms with van der Waals surface area (Å²) in [5.41, 5.74) is 5.28. The zero-order valence-corrected chi connectivity index (χ0v) is 24.3. The van der Waals surface area contributed by atoms with Gasteiger partial charge < -0.3 is 4.74 Å². The zero-order chi connectivity index (χ0) is 26.2. The Labute approximate surface area is 219 Å². The van der Waals surface area contributed by atoms with E-state index in [9.17, 15) is 4.79 Å². The van der Waals surface area contributed by atoms with Crippen molar-refractivity contribution in [1.82, 2.24) is 0 Å². The van der Waals surface area contributed by atoms with E-state index in [-0.39, 0.29) is 12.6 Å². The molecule has 3 aromatic carbocycles. The van der Waals surface area contributed by atoms with Crippen molar-refractivity contribution in [3.63, 3.8) is 0 Å². The van der Waals surface area contributed by atoms with Gasteiger partial charge in [-0.1, -0.05) is 138 Å². The normalized spacial score (nSPS) is 11.8. The van der Waals surface area contributed by atoms with Crippen molar-refractivity contribution in [2.24, 2.45) is 0 Å². The predicted molar refractivity (Wildman–Crippen MR) is 161 cm³/mol. The molecule has 0 fully saturated rings. The average Bonchev–Trinajstić information content (AvgIpc) is 2.88. The van der Waals surface area contributed by atoms with Crippen LogP contribution in [0.3, 0.4) is 0 Å². The lowest BCUT2D eigenvalue weighted by atomic mass is 10.4. The maximum absolute atomic E-state index is 13.4. The van der Waals surface area contributed by atoms with Gasteiger partial charge in [0.05, 0.1) is 0 Å². The maximum Gasteiger partial charge on any atom is 0.332 e. The second-order valence-corrected chi connectivity index (χ2v) is 19.0. The number of hydrogen-bond donors (Lipinski definition) is 0. The summed E-state index contributed by atoms with van der Waals surface area (Å²) in [5, 5.41) is 3.36. The standard InChI is InChI=1S/C32H39O2PSi/c1-26(2)36(27(3)4,28(5)6)24-16-23-34-32(33)25-35(29-17-10-7-11-18-29,30-19-12-8-13-20-30)31-21-14-9-15-22-31/h7-15,17-22,25-28H,23H2,1-6H3. The summed E-state index contributed by atoms with van der Waals surface area (Å²) in [7, 11) is -1.86. The molecule has 0 N–H and O–H groups in total. The first-order valence-corrected chi connectivity index (χ1v) is 16.9. The van der Waals surface area contributed by atoms with Crippen LogP contribution in [0.15, 0.2) is 91.0 Å². The number of ether oxygens (including phenoxy) is 1. The zero-order valence-electron chi connectivity index (χ0n) is 22.4. The summed E-state index contributed by atoms with van der Waals surface area (Å²) in [6.07, 6.45) is 0. The van der Waals surface area contributed by atoms with Gasteiger partial charge >= 0.3 is 5.97 Å². The van der Waals surface area contributed by atoms with E-state index in [4.69, 9.17) is 4.74 Å². The van der Waals surface area contributed by atoms with Crippen molar-refractivity contribution in [3.8, 4) is 11.5 Å². The molecule has 0 aromatic heterocycles. The van der Waals surface area contributed by atoms with Crippen LogP contribution < -0.4 is 15.9 Å². The molecule has 0 atom stereocenters. The van der Waals surface area contributed by atoms with Crippen molar-refractivity contribution in [2.45, 2.75) is 58.2 Å². The fraction of sp³-hybridized carbons (Fsp3) is 0.312. The average molecular weight is 515 g/mol. The van der Waals surface area contributed by atoms with Crippen LogP contribution in [0.4, 0.5) is 0 Å². The molecule has 188 valence electrons. The predicted octanol–water partition coefficient (Wildman–Crippen LogP) is 6.55. The molecule has 36 heavy (non-hydrogen) atoms. The third kappa shape index (κ3) is 5.78. The number of hydrogen-bond acceptors (Lipinski definition) is 2. The van der Waals surface area contributed by atoms with E-state index in [1.165, 1.54) is 0 Å². The quantitative estimate of drug-likeness (QED) is 0.148.